The highest BCUT2D eigenvalue weighted by Gasteiger charge is 2.29. The van der Waals surface area contributed by atoms with Crippen molar-refractivity contribution in [3.8, 4) is 0 Å². The van der Waals surface area contributed by atoms with Crippen LogP contribution in [0.1, 0.15) is 5.56 Å². The number of nitrogens with one attached hydrogen (secondary N) is 1. The fourth-order valence-electron chi connectivity index (χ4n) is 1.64. The van der Waals surface area contributed by atoms with Gasteiger partial charge in [-0.2, -0.15) is 0 Å². The molecule has 1 aromatic rings. The lowest BCUT2D eigenvalue weighted by atomic mass is 9.99. The summed E-state index contributed by atoms with van der Waals surface area (Å²) in [6.07, 6.45) is 0.307. The number of nitrogens with two attached hydrogens (primary N) is 1. The first-order chi connectivity index (χ1) is 7.49. The standard InChI is InChI=1S/C9H8BrN3O3.ClH/c10-5-1-4-2-6(11)9(14)12-8(4)7(3-5)13(15)16;/h1,3,6H,2,11H2,(H,12,14);1H. The van der Waals surface area contributed by atoms with Gasteiger partial charge in [0.05, 0.1) is 11.0 Å². The summed E-state index contributed by atoms with van der Waals surface area (Å²) in [4.78, 5) is 21.6. The predicted octanol–water partition coefficient (Wildman–Crippen LogP) is 1.60. The molecule has 0 radical (unpaired) electrons. The van der Waals surface area contributed by atoms with Gasteiger partial charge in [-0.1, -0.05) is 15.9 Å². The second kappa shape index (κ2) is 4.99. The van der Waals surface area contributed by atoms with E-state index in [0.29, 0.717) is 16.5 Å². The molecule has 2 rings (SSSR count). The second-order valence-electron chi connectivity index (χ2n) is 3.52. The lowest BCUT2D eigenvalue weighted by Gasteiger charge is -2.21. The van der Waals surface area contributed by atoms with E-state index in [0.717, 1.165) is 0 Å². The number of amides is 1. The van der Waals surface area contributed by atoms with E-state index in [9.17, 15) is 14.9 Å². The molecule has 92 valence electrons. The number of hydrogen-bond donors (Lipinski definition) is 2. The van der Waals surface area contributed by atoms with Crippen molar-refractivity contribution in [3.63, 3.8) is 0 Å². The average Bonchev–Trinajstić information content (AvgIpc) is 2.19. The largest absolute Gasteiger partial charge is 0.320 e. The smallest absolute Gasteiger partial charge is 0.294 e. The maximum absolute atomic E-state index is 11.3. The maximum atomic E-state index is 11.3. The molecule has 1 heterocycles. The number of nitro groups is 1. The van der Waals surface area contributed by atoms with Crippen LogP contribution >= 0.6 is 28.3 Å². The number of fused-ring (bicyclic) bond motifs is 1. The number of rotatable bonds is 1. The van der Waals surface area contributed by atoms with Crippen molar-refractivity contribution < 1.29 is 9.72 Å². The summed E-state index contributed by atoms with van der Waals surface area (Å²) in [6.45, 7) is 0. The Morgan fingerprint density at radius 2 is 2.18 bits per heavy atom. The molecule has 0 spiro atoms. The number of carbonyl (C=O) groups is 1. The first-order valence-electron chi connectivity index (χ1n) is 4.52. The molecule has 0 aromatic heterocycles. The number of halogens is 2. The number of nitro benzene ring substituents is 1. The van der Waals surface area contributed by atoms with Crippen molar-refractivity contribution in [1.29, 1.82) is 0 Å². The average molecular weight is 323 g/mol. The number of nitrogens with zero attached hydrogens (tertiary/aromatic N) is 1. The van der Waals surface area contributed by atoms with E-state index in [2.05, 4.69) is 21.2 Å². The van der Waals surface area contributed by atoms with Gasteiger partial charge in [0.1, 0.15) is 5.69 Å². The van der Waals surface area contributed by atoms with Crippen LogP contribution in [0.2, 0.25) is 0 Å². The Labute approximate surface area is 111 Å². The van der Waals surface area contributed by atoms with Crippen molar-refractivity contribution in [2.75, 3.05) is 5.32 Å². The van der Waals surface area contributed by atoms with E-state index in [1.54, 1.807) is 6.07 Å². The van der Waals surface area contributed by atoms with Gasteiger partial charge in [-0.15, -0.1) is 12.4 Å². The van der Waals surface area contributed by atoms with Crippen LogP contribution in [0, 0.1) is 10.1 Å². The van der Waals surface area contributed by atoms with Gasteiger partial charge in [0.25, 0.3) is 5.69 Å². The van der Waals surface area contributed by atoms with Gasteiger partial charge in [-0.3, -0.25) is 14.9 Å². The number of carbonyl (C=O) groups excluding carboxylic acids is 1. The summed E-state index contributed by atoms with van der Waals surface area (Å²) in [5.41, 5.74) is 6.38. The first-order valence-corrected chi connectivity index (χ1v) is 5.31. The highest BCUT2D eigenvalue weighted by molar-refractivity contribution is 9.10. The Morgan fingerprint density at radius 3 is 2.76 bits per heavy atom. The molecule has 0 saturated carbocycles. The van der Waals surface area contributed by atoms with Crippen molar-refractivity contribution in [2.24, 2.45) is 5.73 Å². The van der Waals surface area contributed by atoms with E-state index >= 15 is 0 Å². The minimum atomic E-state index is -0.651. The normalized spacial score (nSPS) is 17.8. The van der Waals surface area contributed by atoms with Crippen LogP contribution < -0.4 is 11.1 Å². The first kappa shape index (κ1) is 13.9. The summed E-state index contributed by atoms with van der Waals surface area (Å²) >= 11 is 3.19. The lowest BCUT2D eigenvalue weighted by Crippen LogP contribution is -2.41. The molecule has 1 aliphatic rings. The number of hydrogen-bond acceptors (Lipinski definition) is 4. The molecular weight excluding hydrogens is 313 g/mol. The van der Waals surface area contributed by atoms with E-state index in [4.69, 9.17) is 5.73 Å². The Kier molecular flexibility index (Phi) is 4.07. The zero-order valence-electron chi connectivity index (χ0n) is 8.47. The zero-order valence-corrected chi connectivity index (χ0v) is 10.9. The second-order valence-corrected chi connectivity index (χ2v) is 4.43. The van der Waals surface area contributed by atoms with E-state index in [1.807, 2.05) is 0 Å². The fourth-order valence-corrected chi connectivity index (χ4v) is 2.14. The summed E-state index contributed by atoms with van der Waals surface area (Å²) in [7, 11) is 0. The minimum Gasteiger partial charge on any atom is -0.320 e. The summed E-state index contributed by atoms with van der Waals surface area (Å²) < 4.78 is 0.598. The van der Waals surface area contributed by atoms with Crippen molar-refractivity contribution in [1.82, 2.24) is 0 Å². The molecule has 1 aliphatic heterocycles. The Bertz CT molecular complexity index is 495. The maximum Gasteiger partial charge on any atom is 0.294 e. The molecule has 0 bridgehead atoms. The molecule has 0 fully saturated rings. The summed E-state index contributed by atoms with van der Waals surface area (Å²) in [6, 6.07) is 2.43. The van der Waals surface area contributed by atoms with Crippen LogP contribution in [0.3, 0.4) is 0 Å². The van der Waals surface area contributed by atoms with Crippen molar-refractivity contribution in [3.05, 3.63) is 32.3 Å². The zero-order chi connectivity index (χ0) is 11.9. The van der Waals surface area contributed by atoms with Crippen LogP contribution in [0.25, 0.3) is 0 Å². The van der Waals surface area contributed by atoms with Gasteiger partial charge in [-0.25, -0.2) is 0 Å². The van der Waals surface area contributed by atoms with Crippen LogP contribution in [0.5, 0.6) is 0 Å². The summed E-state index contributed by atoms with van der Waals surface area (Å²) in [5, 5.41) is 13.3. The third-order valence-electron chi connectivity index (χ3n) is 2.39. The summed E-state index contributed by atoms with van der Waals surface area (Å²) in [5.74, 6) is -0.391. The van der Waals surface area contributed by atoms with E-state index in [1.165, 1.54) is 6.07 Å². The number of anilines is 1. The van der Waals surface area contributed by atoms with Gasteiger partial charge in [0.2, 0.25) is 5.91 Å². The SMILES string of the molecule is Cl.NC1Cc2cc(Br)cc([N+](=O)[O-])c2NC1=O. The van der Waals surface area contributed by atoms with Gasteiger partial charge in [-0.05, 0) is 18.1 Å². The van der Waals surface area contributed by atoms with E-state index < -0.39 is 16.9 Å². The van der Waals surface area contributed by atoms with Gasteiger partial charge in [0, 0.05) is 10.5 Å². The molecule has 1 unspecified atom stereocenters. The number of benzene rings is 1. The molecule has 1 aromatic carbocycles. The topological polar surface area (TPSA) is 98.3 Å². The highest BCUT2D eigenvalue weighted by Crippen LogP contribution is 2.35. The Balaban J connectivity index is 0.00000144. The van der Waals surface area contributed by atoms with E-state index in [-0.39, 0.29) is 23.8 Å². The van der Waals surface area contributed by atoms with Crippen molar-refractivity contribution in [2.45, 2.75) is 12.5 Å². The molecule has 3 N–H and O–H groups in total. The van der Waals surface area contributed by atoms with Crippen LogP contribution in [-0.4, -0.2) is 16.9 Å². The molecule has 1 amide bonds. The molecule has 17 heavy (non-hydrogen) atoms. The minimum absolute atomic E-state index is 0. The molecule has 0 saturated heterocycles. The fraction of sp³-hybridized carbons (Fsp3) is 0.222. The Morgan fingerprint density at radius 1 is 1.53 bits per heavy atom. The molecule has 8 heteroatoms. The highest BCUT2D eigenvalue weighted by atomic mass is 79.9. The monoisotopic (exact) mass is 321 g/mol. The van der Waals surface area contributed by atoms with Crippen LogP contribution in [0.4, 0.5) is 11.4 Å². The van der Waals surface area contributed by atoms with Gasteiger partial charge in [0.15, 0.2) is 0 Å². The molecule has 1 atom stereocenters. The molecular formula is C9H9BrClN3O3. The lowest BCUT2D eigenvalue weighted by molar-refractivity contribution is -0.384. The quantitative estimate of drug-likeness (QED) is 0.606. The van der Waals surface area contributed by atoms with Crippen molar-refractivity contribution >= 4 is 45.6 Å². The van der Waals surface area contributed by atoms with Gasteiger partial charge < -0.3 is 11.1 Å². The Hall–Kier alpha value is -1.18. The third-order valence-corrected chi connectivity index (χ3v) is 2.84. The predicted molar refractivity (Wildman–Crippen MR) is 68.4 cm³/mol. The van der Waals surface area contributed by atoms with Gasteiger partial charge >= 0.3 is 0 Å². The van der Waals surface area contributed by atoms with Crippen LogP contribution in [-0.2, 0) is 11.2 Å². The third kappa shape index (κ3) is 2.56. The molecule has 0 aliphatic carbocycles. The molecule has 6 nitrogen and oxygen atoms in total. The van der Waals surface area contributed by atoms with Crippen LogP contribution in [0.15, 0.2) is 16.6 Å².